The van der Waals surface area contributed by atoms with Gasteiger partial charge in [-0.25, -0.2) is 4.98 Å². The number of aromatic nitrogens is 4. The Morgan fingerprint density at radius 3 is 2.76 bits per heavy atom. The van der Waals surface area contributed by atoms with E-state index in [9.17, 15) is 0 Å². The maximum atomic E-state index is 4.63. The monoisotopic (exact) mass is 288 g/mol. The highest BCUT2D eigenvalue weighted by atomic mass is 15.2. The summed E-state index contributed by atoms with van der Waals surface area (Å²) in [6.07, 6.45) is 10.5. The van der Waals surface area contributed by atoms with Crippen molar-refractivity contribution in [1.29, 1.82) is 0 Å². The number of fused-ring (bicyclic) bond motifs is 1. The van der Waals surface area contributed by atoms with Crippen molar-refractivity contribution in [3.05, 3.63) is 6.33 Å². The molecule has 0 spiro atoms. The lowest BCUT2D eigenvalue weighted by Gasteiger charge is -2.17. The zero-order chi connectivity index (χ0) is 14.5. The van der Waals surface area contributed by atoms with Crippen LogP contribution in [0.25, 0.3) is 11.2 Å². The fourth-order valence-corrected chi connectivity index (χ4v) is 2.87. The highest BCUT2D eigenvalue weighted by Crippen LogP contribution is 2.24. The first-order valence-corrected chi connectivity index (χ1v) is 8.08. The fraction of sp³-hybridized carbons (Fsp3) is 0.667. The molecular weight excluding hydrogens is 264 g/mol. The summed E-state index contributed by atoms with van der Waals surface area (Å²) in [4.78, 5) is 16.5. The van der Waals surface area contributed by atoms with Crippen molar-refractivity contribution in [2.45, 2.75) is 57.9 Å². The van der Waals surface area contributed by atoms with Crippen molar-refractivity contribution in [2.75, 3.05) is 17.2 Å². The number of hydrogen-bond acceptors (Lipinski definition) is 5. The largest absolute Gasteiger partial charge is 0.365 e. The molecule has 0 atom stereocenters. The second-order valence-electron chi connectivity index (χ2n) is 5.76. The molecule has 3 N–H and O–H groups in total. The fourth-order valence-electron chi connectivity index (χ4n) is 2.87. The van der Waals surface area contributed by atoms with E-state index in [0.29, 0.717) is 12.0 Å². The minimum Gasteiger partial charge on any atom is -0.365 e. The summed E-state index contributed by atoms with van der Waals surface area (Å²) >= 11 is 0. The first-order chi connectivity index (χ1) is 10.4. The zero-order valence-electron chi connectivity index (χ0n) is 12.7. The van der Waals surface area contributed by atoms with Crippen molar-refractivity contribution in [2.24, 2.45) is 0 Å². The number of nitrogens with zero attached hydrogens (tertiary/aromatic N) is 3. The standard InChI is InChI=1S/C15H24N6/c1-2-9-16-15-20-13-12(17-10-18-13)14(21-15)19-11-7-5-3-4-6-8-11/h10-11H,2-9H2,1H3,(H3,16,17,18,19,20,21). The van der Waals surface area contributed by atoms with Gasteiger partial charge >= 0.3 is 0 Å². The molecule has 0 aliphatic heterocycles. The Balaban J connectivity index is 1.82. The van der Waals surface area contributed by atoms with Crippen molar-refractivity contribution >= 4 is 22.9 Å². The number of rotatable bonds is 5. The average Bonchev–Trinajstić information content (AvgIpc) is 2.82. The van der Waals surface area contributed by atoms with Gasteiger partial charge < -0.3 is 15.6 Å². The summed E-state index contributed by atoms with van der Waals surface area (Å²) < 4.78 is 0. The number of hydrogen-bond donors (Lipinski definition) is 3. The molecule has 2 aromatic rings. The molecule has 114 valence electrons. The van der Waals surface area contributed by atoms with Gasteiger partial charge in [-0.15, -0.1) is 0 Å². The van der Waals surface area contributed by atoms with Gasteiger partial charge in [0.15, 0.2) is 11.5 Å². The molecule has 0 aromatic carbocycles. The smallest absolute Gasteiger partial charge is 0.226 e. The van der Waals surface area contributed by atoms with Gasteiger partial charge in [0.1, 0.15) is 5.52 Å². The maximum Gasteiger partial charge on any atom is 0.226 e. The molecule has 1 fully saturated rings. The molecular formula is C15H24N6. The lowest BCUT2D eigenvalue weighted by atomic mass is 10.1. The van der Waals surface area contributed by atoms with E-state index in [1.807, 2.05) is 0 Å². The van der Waals surface area contributed by atoms with Crippen molar-refractivity contribution < 1.29 is 0 Å². The van der Waals surface area contributed by atoms with Crippen LogP contribution in [-0.4, -0.2) is 32.5 Å². The van der Waals surface area contributed by atoms with Crippen LogP contribution in [0.3, 0.4) is 0 Å². The molecule has 0 bridgehead atoms. The normalized spacial score (nSPS) is 16.8. The molecule has 0 unspecified atom stereocenters. The van der Waals surface area contributed by atoms with Crippen molar-refractivity contribution in [1.82, 2.24) is 19.9 Å². The molecule has 1 aliphatic rings. The van der Waals surface area contributed by atoms with E-state index in [1.54, 1.807) is 6.33 Å². The van der Waals surface area contributed by atoms with Crippen LogP contribution in [0, 0.1) is 0 Å². The molecule has 3 rings (SSSR count). The third kappa shape index (κ3) is 3.43. The van der Waals surface area contributed by atoms with Crippen LogP contribution in [0.2, 0.25) is 0 Å². The quantitative estimate of drug-likeness (QED) is 0.736. The van der Waals surface area contributed by atoms with Gasteiger partial charge in [0.25, 0.3) is 0 Å². The average molecular weight is 288 g/mol. The number of aromatic amines is 1. The highest BCUT2D eigenvalue weighted by Gasteiger charge is 2.16. The first-order valence-electron chi connectivity index (χ1n) is 8.08. The second-order valence-corrected chi connectivity index (χ2v) is 5.76. The van der Waals surface area contributed by atoms with Crippen LogP contribution in [-0.2, 0) is 0 Å². The number of imidazole rings is 1. The summed E-state index contributed by atoms with van der Waals surface area (Å²) in [5, 5.41) is 6.85. The molecule has 1 aliphatic carbocycles. The molecule has 2 heterocycles. The third-order valence-electron chi connectivity index (χ3n) is 4.01. The summed E-state index contributed by atoms with van der Waals surface area (Å²) in [7, 11) is 0. The van der Waals surface area contributed by atoms with E-state index in [1.165, 1.54) is 38.5 Å². The summed E-state index contributed by atoms with van der Waals surface area (Å²) in [5.74, 6) is 1.54. The van der Waals surface area contributed by atoms with E-state index in [-0.39, 0.29) is 0 Å². The van der Waals surface area contributed by atoms with E-state index in [4.69, 9.17) is 0 Å². The Hall–Kier alpha value is -1.85. The molecule has 1 saturated carbocycles. The van der Waals surface area contributed by atoms with Crippen LogP contribution < -0.4 is 10.6 Å². The Bertz CT molecular complexity index is 571. The second kappa shape index (κ2) is 6.74. The highest BCUT2D eigenvalue weighted by molar-refractivity contribution is 5.83. The summed E-state index contributed by atoms with van der Waals surface area (Å²) in [6, 6.07) is 0.507. The van der Waals surface area contributed by atoms with E-state index < -0.39 is 0 Å². The van der Waals surface area contributed by atoms with Crippen molar-refractivity contribution in [3.63, 3.8) is 0 Å². The van der Waals surface area contributed by atoms with Crippen LogP contribution in [0.4, 0.5) is 11.8 Å². The Morgan fingerprint density at radius 2 is 2.00 bits per heavy atom. The van der Waals surface area contributed by atoms with Gasteiger partial charge in [-0.05, 0) is 19.3 Å². The molecule has 0 radical (unpaired) electrons. The minimum absolute atomic E-state index is 0.507. The van der Waals surface area contributed by atoms with Gasteiger partial charge in [-0.2, -0.15) is 9.97 Å². The van der Waals surface area contributed by atoms with Gasteiger partial charge in [-0.3, -0.25) is 0 Å². The minimum atomic E-state index is 0.507. The lowest BCUT2D eigenvalue weighted by Crippen LogP contribution is -2.20. The van der Waals surface area contributed by atoms with Crippen LogP contribution in [0.15, 0.2) is 6.33 Å². The molecule has 6 heteroatoms. The molecule has 0 saturated heterocycles. The third-order valence-corrected chi connectivity index (χ3v) is 4.01. The zero-order valence-corrected chi connectivity index (χ0v) is 12.7. The number of H-pyrrole nitrogens is 1. The maximum absolute atomic E-state index is 4.63. The van der Waals surface area contributed by atoms with Gasteiger partial charge in [0, 0.05) is 12.6 Å². The lowest BCUT2D eigenvalue weighted by molar-refractivity contribution is 0.618. The SMILES string of the molecule is CCCNc1nc(NC2CCCCCC2)c2[nH]cnc2n1. The summed E-state index contributed by atoms with van der Waals surface area (Å²) in [6.45, 7) is 3.00. The van der Waals surface area contributed by atoms with E-state index in [2.05, 4.69) is 37.5 Å². The predicted octanol–water partition coefficient (Wildman–Crippen LogP) is 3.31. The van der Waals surface area contributed by atoms with Crippen LogP contribution in [0.5, 0.6) is 0 Å². The Labute approximate surface area is 125 Å². The first kappa shape index (κ1) is 14.1. The molecule has 21 heavy (non-hydrogen) atoms. The molecule has 6 nitrogen and oxygen atoms in total. The molecule has 2 aromatic heterocycles. The van der Waals surface area contributed by atoms with E-state index >= 15 is 0 Å². The topological polar surface area (TPSA) is 78.5 Å². The Morgan fingerprint density at radius 1 is 1.19 bits per heavy atom. The Kier molecular flexibility index (Phi) is 4.52. The van der Waals surface area contributed by atoms with Gasteiger partial charge in [-0.1, -0.05) is 32.6 Å². The van der Waals surface area contributed by atoms with Crippen LogP contribution >= 0.6 is 0 Å². The van der Waals surface area contributed by atoms with Gasteiger partial charge in [0.05, 0.1) is 6.33 Å². The van der Waals surface area contributed by atoms with Crippen LogP contribution in [0.1, 0.15) is 51.9 Å². The predicted molar refractivity (Wildman–Crippen MR) is 85.6 cm³/mol. The number of nitrogens with one attached hydrogen (secondary N) is 3. The molecule has 0 amide bonds. The van der Waals surface area contributed by atoms with E-state index in [0.717, 1.165) is 29.9 Å². The van der Waals surface area contributed by atoms with Gasteiger partial charge in [0.2, 0.25) is 5.95 Å². The number of anilines is 2. The van der Waals surface area contributed by atoms with Crippen molar-refractivity contribution in [3.8, 4) is 0 Å². The summed E-state index contributed by atoms with van der Waals surface area (Å²) in [5.41, 5.74) is 1.63.